The Morgan fingerprint density at radius 1 is 1.18 bits per heavy atom. The molecule has 1 heterocycles. The zero-order chi connectivity index (χ0) is 7.22. The van der Waals surface area contributed by atoms with E-state index in [1.165, 1.54) is 23.7 Å². The van der Waals surface area contributed by atoms with Crippen LogP contribution < -0.4 is 0 Å². The second kappa shape index (κ2) is 1.32. The molecule has 0 nitrogen and oxygen atoms in total. The zero-order valence-electron chi connectivity index (χ0n) is 7.22. The largest absolute Gasteiger partial charge is 0.125 e. The first-order valence-corrected chi connectivity index (χ1v) is 5.36. The van der Waals surface area contributed by atoms with Gasteiger partial charge in [-0.25, -0.2) is 0 Å². The van der Waals surface area contributed by atoms with Gasteiger partial charge in [0, 0.05) is 0 Å². The number of fused-ring (bicyclic) bond motifs is 6. The van der Waals surface area contributed by atoms with Gasteiger partial charge in [-0.1, -0.05) is 19.1 Å². The Kier molecular flexibility index (Phi) is 0.678. The lowest BCUT2D eigenvalue weighted by molar-refractivity contribution is 0.0372. The summed E-state index contributed by atoms with van der Waals surface area (Å²) in [5.41, 5.74) is 0.964. The van der Waals surface area contributed by atoms with Crippen LogP contribution in [0.3, 0.4) is 0 Å². The van der Waals surface area contributed by atoms with E-state index in [9.17, 15) is 0 Å². The molecule has 1 spiro atoms. The highest BCUT2D eigenvalue weighted by molar-refractivity contribution is 6.43. The lowest BCUT2D eigenvalue weighted by atomic mass is 9.40. The van der Waals surface area contributed by atoms with Gasteiger partial charge < -0.3 is 0 Å². The van der Waals surface area contributed by atoms with Crippen molar-refractivity contribution >= 4 is 7.28 Å². The molecule has 5 atom stereocenters. The molecule has 1 heteroatoms. The fraction of sp³-hybridized carbons (Fsp3) is 1.00. The molecule has 0 radical (unpaired) electrons. The summed E-state index contributed by atoms with van der Waals surface area (Å²) >= 11 is 0. The summed E-state index contributed by atoms with van der Waals surface area (Å²) in [7, 11) is 1.55. The normalized spacial score (nSPS) is 74.8. The van der Waals surface area contributed by atoms with E-state index < -0.39 is 0 Å². The maximum atomic E-state index is 2.50. The minimum atomic E-state index is 0.964. The molecule has 0 bridgehead atoms. The topological polar surface area (TPSA) is 0 Å². The van der Waals surface area contributed by atoms with Crippen molar-refractivity contribution in [3.05, 3.63) is 0 Å². The van der Waals surface area contributed by atoms with E-state index in [4.69, 9.17) is 0 Å². The lowest BCUT2D eigenvalue weighted by Gasteiger charge is -2.45. The van der Waals surface area contributed by atoms with Gasteiger partial charge in [-0.05, 0) is 41.9 Å². The predicted octanol–water partition coefficient (Wildman–Crippen LogP) is 1.94. The Labute approximate surface area is 69.0 Å². The molecular weight excluding hydrogens is 131 g/mol. The number of hydrogen-bond donors (Lipinski definition) is 0. The molecule has 11 heavy (non-hydrogen) atoms. The summed E-state index contributed by atoms with van der Waals surface area (Å²) in [6, 6.07) is 0. The second-order valence-corrected chi connectivity index (χ2v) is 5.51. The highest BCUT2D eigenvalue weighted by Gasteiger charge is 2.82. The highest BCUT2D eigenvalue weighted by atomic mass is 14.8. The van der Waals surface area contributed by atoms with E-state index in [1.807, 2.05) is 0 Å². The van der Waals surface area contributed by atoms with E-state index in [0.717, 1.165) is 11.2 Å². The van der Waals surface area contributed by atoms with Gasteiger partial charge in [0.1, 0.15) is 7.28 Å². The van der Waals surface area contributed by atoms with Crippen LogP contribution in [0, 0.1) is 29.1 Å². The van der Waals surface area contributed by atoms with Crippen molar-refractivity contribution in [2.45, 2.75) is 31.9 Å². The third-order valence-electron chi connectivity index (χ3n) is 5.75. The van der Waals surface area contributed by atoms with Crippen LogP contribution in [0.25, 0.3) is 0 Å². The molecule has 58 valence electrons. The fourth-order valence-corrected chi connectivity index (χ4v) is 4.91. The van der Waals surface area contributed by atoms with Crippen LogP contribution >= 0.6 is 0 Å². The van der Waals surface area contributed by atoms with Crippen LogP contribution in [0.15, 0.2) is 0 Å². The smallest absolute Gasteiger partial charge is 0.0714 e. The number of rotatable bonds is 0. The first-order valence-electron chi connectivity index (χ1n) is 5.36. The monoisotopic (exact) mass is 146 g/mol. The Morgan fingerprint density at radius 2 is 1.82 bits per heavy atom. The van der Waals surface area contributed by atoms with Gasteiger partial charge in [0.05, 0.1) is 0 Å². The summed E-state index contributed by atoms with van der Waals surface area (Å²) < 4.78 is 0. The quantitative estimate of drug-likeness (QED) is 0.458. The number of hydrogen-bond acceptors (Lipinski definition) is 0. The van der Waals surface area contributed by atoms with Gasteiger partial charge in [0.2, 0.25) is 0 Å². The van der Waals surface area contributed by atoms with Crippen molar-refractivity contribution in [2.75, 3.05) is 0 Å². The van der Waals surface area contributed by atoms with E-state index in [0.29, 0.717) is 0 Å². The van der Waals surface area contributed by atoms with E-state index >= 15 is 0 Å². The Morgan fingerprint density at radius 3 is 2.09 bits per heavy atom. The first-order chi connectivity index (χ1) is 5.36. The van der Waals surface area contributed by atoms with Crippen molar-refractivity contribution in [2.24, 2.45) is 29.1 Å². The molecular formula is C10H15B. The van der Waals surface area contributed by atoms with Crippen LogP contribution in [0.2, 0.25) is 12.1 Å². The molecule has 5 unspecified atom stereocenters. The summed E-state index contributed by atoms with van der Waals surface area (Å²) in [4.78, 5) is 0. The molecule has 1 aliphatic heterocycles. The molecule has 3 aliphatic carbocycles. The zero-order valence-corrected chi connectivity index (χ0v) is 7.22. The van der Waals surface area contributed by atoms with Crippen LogP contribution in [0.1, 0.15) is 19.8 Å². The predicted molar refractivity (Wildman–Crippen MR) is 47.0 cm³/mol. The molecule has 0 aromatic carbocycles. The molecule has 0 aromatic rings. The van der Waals surface area contributed by atoms with Crippen molar-refractivity contribution in [1.29, 1.82) is 0 Å². The van der Waals surface area contributed by atoms with Gasteiger partial charge in [-0.15, -0.1) is 0 Å². The van der Waals surface area contributed by atoms with E-state index in [2.05, 4.69) is 6.92 Å². The Hall–Kier alpha value is 0.0649. The van der Waals surface area contributed by atoms with Gasteiger partial charge in [0.15, 0.2) is 0 Å². The molecule has 4 rings (SSSR count). The van der Waals surface area contributed by atoms with Gasteiger partial charge in [0.25, 0.3) is 0 Å². The molecule has 1 saturated heterocycles. The maximum absolute atomic E-state index is 2.50. The van der Waals surface area contributed by atoms with Crippen molar-refractivity contribution in [1.82, 2.24) is 0 Å². The van der Waals surface area contributed by atoms with Crippen molar-refractivity contribution < 1.29 is 0 Å². The fourth-order valence-electron chi connectivity index (χ4n) is 4.91. The van der Waals surface area contributed by atoms with Crippen LogP contribution in [0.4, 0.5) is 0 Å². The minimum Gasteiger partial charge on any atom is -0.0714 e. The summed E-state index contributed by atoms with van der Waals surface area (Å²) in [5.74, 6) is 6.10. The van der Waals surface area contributed by atoms with E-state index in [1.54, 1.807) is 26.4 Å². The summed E-state index contributed by atoms with van der Waals surface area (Å²) in [6.45, 7) is 2.50. The SMILES string of the molecule is CC1BCC12C1C3CCC3C12. The maximum Gasteiger partial charge on any atom is 0.125 e. The molecule has 4 aliphatic rings. The van der Waals surface area contributed by atoms with Crippen molar-refractivity contribution in [3.8, 4) is 0 Å². The summed E-state index contributed by atoms with van der Waals surface area (Å²) in [6.07, 6.45) is 4.80. The molecule has 0 aromatic heterocycles. The third kappa shape index (κ3) is 0.353. The molecule has 0 amide bonds. The standard InChI is InChI=1S/C10H15B/c1-5-10(4-11-5)8-6-2-3-7(6)9(8)10/h5-9,11H,2-4H2,1H3. The van der Waals surface area contributed by atoms with Crippen molar-refractivity contribution in [3.63, 3.8) is 0 Å². The van der Waals surface area contributed by atoms with E-state index in [-0.39, 0.29) is 0 Å². The van der Waals surface area contributed by atoms with Gasteiger partial charge in [-0.2, -0.15) is 0 Å². The van der Waals surface area contributed by atoms with Gasteiger partial charge >= 0.3 is 0 Å². The first kappa shape index (κ1) is 5.67. The van der Waals surface area contributed by atoms with Crippen LogP contribution in [0.5, 0.6) is 0 Å². The molecule has 0 N–H and O–H groups in total. The Bertz CT molecular complexity index is 219. The lowest BCUT2D eigenvalue weighted by Crippen LogP contribution is -2.38. The van der Waals surface area contributed by atoms with Crippen LogP contribution in [-0.2, 0) is 0 Å². The average molecular weight is 146 g/mol. The summed E-state index contributed by atoms with van der Waals surface area (Å²) in [5, 5.41) is 0. The highest BCUT2D eigenvalue weighted by Crippen LogP contribution is 2.88. The minimum absolute atomic E-state index is 0.964. The second-order valence-electron chi connectivity index (χ2n) is 5.51. The van der Waals surface area contributed by atoms with Crippen LogP contribution in [-0.4, -0.2) is 7.28 Å². The van der Waals surface area contributed by atoms with Gasteiger partial charge in [-0.3, -0.25) is 0 Å². The molecule has 3 saturated carbocycles. The Balaban J connectivity index is 1.71. The molecule has 4 fully saturated rings. The average Bonchev–Trinajstić information content (AvgIpc) is 2.54. The third-order valence-corrected chi connectivity index (χ3v) is 5.75.